The van der Waals surface area contributed by atoms with Crippen molar-refractivity contribution >= 4 is 16.0 Å². The molecule has 6 nitrogen and oxygen atoms in total. The average Bonchev–Trinajstić information content (AvgIpc) is 2.28. The van der Waals surface area contributed by atoms with Crippen LogP contribution in [0.25, 0.3) is 0 Å². The molecule has 2 N–H and O–H groups in total. The van der Waals surface area contributed by atoms with Crippen molar-refractivity contribution in [2.75, 3.05) is 27.2 Å². The van der Waals surface area contributed by atoms with Gasteiger partial charge in [0, 0.05) is 13.1 Å². The zero-order chi connectivity index (χ0) is 13.8. The van der Waals surface area contributed by atoms with Gasteiger partial charge in [0.25, 0.3) is 0 Å². The number of sulfonamides is 1. The first-order valence-electron chi connectivity index (χ1n) is 5.30. The Labute approximate surface area is 106 Å². The van der Waals surface area contributed by atoms with E-state index in [0.717, 1.165) is 0 Å². The number of rotatable bonds is 6. The van der Waals surface area contributed by atoms with Crippen molar-refractivity contribution in [2.45, 2.75) is 4.90 Å². The molecule has 0 amide bonds. The van der Waals surface area contributed by atoms with E-state index in [1.807, 2.05) is 19.0 Å². The molecule has 0 aliphatic heterocycles. The van der Waals surface area contributed by atoms with Crippen molar-refractivity contribution in [3.8, 4) is 0 Å². The van der Waals surface area contributed by atoms with Crippen molar-refractivity contribution < 1.29 is 18.3 Å². The Kier molecular flexibility index (Phi) is 4.83. The zero-order valence-electron chi connectivity index (χ0n) is 10.3. The summed E-state index contributed by atoms with van der Waals surface area (Å²) in [4.78, 5) is 12.6. The number of likely N-dealkylation sites (N-methyl/N-ethyl adjacent to an activating group) is 1. The summed E-state index contributed by atoms with van der Waals surface area (Å²) >= 11 is 0. The highest BCUT2D eigenvalue weighted by atomic mass is 32.2. The van der Waals surface area contributed by atoms with Gasteiger partial charge in [-0.05, 0) is 38.4 Å². The molecule has 0 spiro atoms. The molecule has 1 aromatic carbocycles. The quantitative estimate of drug-likeness (QED) is 0.774. The van der Waals surface area contributed by atoms with E-state index in [-0.39, 0.29) is 10.5 Å². The van der Waals surface area contributed by atoms with E-state index >= 15 is 0 Å². The molecular weight excluding hydrogens is 256 g/mol. The van der Waals surface area contributed by atoms with Gasteiger partial charge in [-0.2, -0.15) is 0 Å². The Balaban J connectivity index is 2.76. The first kappa shape index (κ1) is 14.6. The largest absolute Gasteiger partial charge is 0.478 e. The highest BCUT2D eigenvalue weighted by molar-refractivity contribution is 7.89. The number of hydrogen-bond acceptors (Lipinski definition) is 4. The molecule has 100 valence electrons. The molecule has 0 radical (unpaired) electrons. The third-order valence-electron chi connectivity index (χ3n) is 2.26. The molecule has 0 saturated carbocycles. The number of carbonyl (C=O) groups is 1. The molecule has 0 bridgehead atoms. The van der Waals surface area contributed by atoms with Crippen LogP contribution < -0.4 is 4.72 Å². The van der Waals surface area contributed by atoms with Crippen LogP contribution in [0, 0.1) is 0 Å². The first-order valence-corrected chi connectivity index (χ1v) is 6.79. The van der Waals surface area contributed by atoms with Crippen LogP contribution in [0.15, 0.2) is 29.2 Å². The fourth-order valence-electron chi connectivity index (χ4n) is 1.26. The summed E-state index contributed by atoms with van der Waals surface area (Å²) in [6.07, 6.45) is 0. The molecule has 1 rings (SSSR count). The fraction of sp³-hybridized carbons (Fsp3) is 0.364. The summed E-state index contributed by atoms with van der Waals surface area (Å²) < 4.78 is 26.1. The molecule has 7 heteroatoms. The fourth-order valence-corrected chi connectivity index (χ4v) is 2.28. The SMILES string of the molecule is CN(C)CCNS(=O)(=O)c1ccc(C(=O)O)cc1. The molecular formula is C11H16N2O4S. The topological polar surface area (TPSA) is 86.7 Å². The molecule has 0 aliphatic rings. The molecule has 0 aromatic heterocycles. The molecule has 0 unspecified atom stereocenters. The van der Waals surface area contributed by atoms with Gasteiger partial charge in [-0.15, -0.1) is 0 Å². The Bertz CT molecular complexity index is 508. The standard InChI is InChI=1S/C11H16N2O4S/c1-13(2)8-7-12-18(16,17)10-5-3-9(4-6-10)11(14)15/h3-6,12H,7-8H2,1-2H3,(H,14,15). The summed E-state index contributed by atoms with van der Waals surface area (Å²) in [7, 11) is 0.118. The lowest BCUT2D eigenvalue weighted by molar-refractivity contribution is 0.0696. The Hall–Kier alpha value is -1.44. The second kappa shape index (κ2) is 5.94. The first-order chi connectivity index (χ1) is 8.33. The van der Waals surface area contributed by atoms with Gasteiger partial charge < -0.3 is 10.0 Å². The molecule has 1 aromatic rings. The van der Waals surface area contributed by atoms with Gasteiger partial charge >= 0.3 is 5.97 Å². The molecule has 0 fully saturated rings. The van der Waals surface area contributed by atoms with Gasteiger partial charge in [-0.3, -0.25) is 0 Å². The summed E-state index contributed by atoms with van der Waals surface area (Å²) in [5.41, 5.74) is 0.0576. The van der Waals surface area contributed by atoms with Crippen LogP contribution >= 0.6 is 0 Å². The Morgan fingerprint density at radius 3 is 2.28 bits per heavy atom. The summed E-state index contributed by atoms with van der Waals surface area (Å²) in [5.74, 6) is -1.08. The van der Waals surface area contributed by atoms with E-state index < -0.39 is 16.0 Å². The van der Waals surface area contributed by atoms with E-state index in [1.165, 1.54) is 24.3 Å². The van der Waals surface area contributed by atoms with Crippen molar-refractivity contribution in [1.82, 2.24) is 9.62 Å². The molecule has 0 heterocycles. The molecule has 0 aliphatic carbocycles. The second-order valence-corrected chi connectivity index (χ2v) is 5.80. The van der Waals surface area contributed by atoms with Gasteiger partial charge in [-0.1, -0.05) is 0 Å². The Morgan fingerprint density at radius 1 is 1.28 bits per heavy atom. The summed E-state index contributed by atoms with van der Waals surface area (Å²) in [6, 6.07) is 5.09. The number of hydrogen-bond donors (Lipinski definition) is 2. The number of nitrogens with one attached hydrogen (secondary N) is 1. The van der Waals surface area contributed by atoms with Crippen molar-refractivity contribution in [3.05, 3.63) is 29.8 Å². The van der Waals surface area contributed by atoms with Crippen LogP contribution in [0.2, 0.25) is 0 Å². The maximum atomic E-state index is 11.8. The third-order valence-corrected chi connectivity index (χ3v) is 3.74. The minimum absolute atomic E-state index is 0.0576. The van der Waals surface area contributed by atoms with E-state index in [4.69, 9.17) is 5.11 Å². The van der Waals surface area contributed by atoms with Crippen LogP contribution in [-0.2, 0) is 10.0 Å². The maximum absolute atomic E-state index is 11.8. The van der Waals surface area contributed by atoms with Crippen molar-refractivity contribution in [2.24, 2.45) is 0 Å². The van der Waals surface area contributed by atoms with Gasteiger partial charge in [-0.25, -0.2) is 17.9 Å². The van der Waals surface area contributed by atoms with Crippen molar-refractivity contribution in [1.29, 1.82) is 0 Å². The number of carboxylic acid groups (broad SMARTS) is 1. The second-order valence-electron chi connectivity index (χ2n) is 4.03. The van der Waals surface area contributed by atoms with Gasteiger partial charge in [0.1, 0.15) is 0 Å². The predicted molar refractivity (Wildman–Crippen MR) is 67.1 cm³/mol. The normalized spacial score (nSPS) is 11.7. The van der Waals surface area contributed by atoms with Gasteiger partial charge in [0.2, 0.25) is 10.0 Å². The average molecular weight is 272 g/mol. The highest BCUT2D eigenvalue weighted by Gasteiger charge is 2.14. The van der Waals surface area contributed by atoms with Crippen LogP contribution in [0.1, 0.15) is 10.4 Å². The lowest BCUT2D eigenvalue weighted by Gasteiger charge is -2.11. The number of nitrogens with zero attached hydrogens (tertiary/aromatic N) is 1. The Morgan fingerprint density at radius 2 is 1.83 bits per heavy atom. The monoisotopic (exact) mass is 272 g/mol. The van der Waals surface area contributed by atoms with E-state index in [9.17, 15) is 13.2 Å². The lowest BCUT2D eigenvalue weighted by atomic mass is 10.2. The summed E-state index contributed by atoms with van der Waals surface area (Å²) in [6.45, 7) is 0.891. The minimum atomic E-state index is -3.57. The van der Waals surface area contributed by atoms with Crippen LogP contribution in [0.5, 0.6) is 0 Å². The van der Waals surface area contributed by atoms with Crippen LogP contribution in [0.4, 0.5) is 0 Å². The minimum Gasteiger partial charge on any atom is -0.478 e. The van der Waals surface area contributed by atoms with Gasteiger partial charge in [0.05, 0.1) is 10.5 Å². The van der Waals surface area contributed by atoms with E-state index in [2.05, 4.69) is 4.72 Å². The van der Waals surface area contributed by atoms with E-state index in [1.54, 1.807) is 0 Å². The van der Waals surface area contributed by atoms with E-state index in [0.29, 0.717) is 13.1 Å². The van der Waals surface area contributed by atoms with Crippen LogP contribution in [0.3, 0.4) is 0 Å². The lowest BCUT2D eigenvalue weighted by Crippen LogP contribution is -2.31. The smallest absolute Gasteiger partial charge is 0.335 e. The zero-order valence-corrected chi connectivity index (χ0v) is 11.1. The number of benzene rings is 1. The predicted octanol–water partition coefficient (Wildman–Crippen LogP) is 0.225. The molecule has 0 saturated heterocycles. The number of carboxylic acids is 1. The van der Waals surface area contributed by atoms with Crippen molar-refractivity contribution in [3.63, 3.8) is 0 Å². The molecule has 18 heavy (non-hydrogen) atoms. The van der Waals surface area contributed by atoms with Gasteiger partial charge in [0.15, 0.2) is 0 Å². The number of aromatic carboxylic acids is 1. The molecule has 0 atom stereocenters. The maximum Gasteiger partial charge on any atom is 0.335 e. The van der Waals surface area contributed by atoms with Crippen LogP contribution in [-0.4, -0.2) is 51.6 Å². The third kappa shape index (κ3) is 4.10. The highest BCUT2D eigenvalue weighted by Crippen LogP contribution is 2.10. The summed E-state index contributed by atoms with van der Waals surface area (Å²) in [5, 5.41) is 8.71.